The second-order valence-corrected chi connectivity index (χ2v) is 6.54. The van der Waals surface area contributed by atoms with Crippen molar-refractivity contribution in [2.24, 2.45) is 5.92 Å². The molecule has 1 saturated carbocycles. The number of nitrogens with one attached hydrogen (secondary N) is 1. The average molecular weight is 328 g/mol. The molecule has 1 aliphatic carbocycles. The largest absolute Gasteiger partial charge is 0.316 e. The van der Waals surface area contributed by atoms with Gasteiger partial charge < -0.3 is 5.32 Å². The highest BCUT2D eigenvalue weighted by molar-refractivity contribution is 9.10. The quantitative estimate of drug-likeness (QED) is 0.791. The monoisotopic (exact) mass is 327 g/mol. The van der Waals surface area contributed by atoms with Crippen LogP contribution >= 0.6 is 15.9 Å². The Balaban J connectivity index is 2.04. The molecule has 1 unspecified atom stereocenters. The van der Waals surface area contributed by atoms with Gasteiger partial charge in [-0.3, -0.25) is 0 Å². The van der Waals surface area contributed by atoms with Gasteiger partial charge >= 0.3 is 0 Å². The van der Waals surface area contributed by atoms with E-state index in [4.69, 9.17) is 0 Å². The Kier molecular flexibility index (Phi) is 5.83. The van der Waals surface area contributed by atoms with Crippen molar-refractivity contribution in [1.29, 1.82) is 0 Å². The van der Waals surface area contributed by atoms with Gasteiger partial charge in [0.05, 0.1) is 0 Å². The van der Waals surface area contributed by atoms with E-state index in [9.17, 15) is 4.39 Å². The normalized spacial score (nSPS) is 19.1. The highest BCUT2D eigenvalue weighted by Gasteiger charge is 2.21. The van der Waals surface area contributed by atoms with Gasteiger partial charge in [-0.15, -0.1) is 0 Å². The number of rotatable bonds is 4. The SMILES string of the molecule is CNC(Cc1cc(F)cc(Br)c1)C1CCCCCC1. The van der Waals surface area contributed by atoms with Crippen LogP contribution in [0.3, 0.4) is 0 Å². The molecule has 2 rings (SSSR count). The van der Waals surface area contributed by atoms with Crippen molar-refractivity contribution < 1.29 is 4.39 Å². The smallest absolute Gasteiger partial charge is 0.124 e. The van der Waals surface area contributed by atoms with Gasteiger partial charge in [0.1, 0.15) is 5.82 Å². The first-order valence-electron chi connectivity index (χ1n) is 7.31. The molecule has 1 atom stereocenters. The topological polar surface area (TPSA) is 12.0 Å². The Hall–Kier alpha value is -0.410. The molecule has 3 heteroatoms. The highest BCUT2D eigenvalue weighted by Crippen LogP contribution is 2.27. The average Bonchev–Trinajstić information content (AvgIpc) is 2.63. The second-order valence-electron chi connectivity index (χ2n) is 5.63. The summed E-state index contributed by atoms with van der Waals surface area (Å²) in [6.45, 7) is 0. The molecule has 0 bridgehead atoms. The molecule has 0 heterocycles. The van der Waals surface area contributed by atoms with Crippen LogP contribution in [0.5, 0.6) is 0 Å². The van der Waals surface area contributed by atoms with E-state index in [-0.39, 0.29) is 5.82 Å². The molecule has 1 aliphatic rings. The third kappa shape index (κ3) is 4.57. The molecule has 0 aliphatic heterocycles. The molecule has 0 aromatic heterocycles. The van der Waals surface area contributed by atoms with Crippen LogP contribution in [0.4, 0.5) is 4.39 Å². The number of halogens is 2. The zero-order chi connectivity index (χ0) is 13.7. The zero-order valence-electron chi connectivity index (χ0n) is 11.6. The fourth-order valence-electron chi connectivity index (χ4n) is 3.20. The summed E-state index contributed by atoms with van der Waals surface area (Å²) >= 11 is 3.37. The summed E-state index contributed by atoms with van der Waals surface area (Å²) in [4.78, 5) is 0. The van der Waals surface area contributed by atoms with Crippen molar-refractivity contribution >= 4 is 15.9 Å². The molecule has 0 amide bonds. The van der Waals surface area contributed by atoms with Gasteiger partial charge in [0, 0.05) is 10.5 Å². The summed E-state index contributed by atoms with van der Waals surface area (Å²) in [5.41, 5.74) is 1.08. The first kappa shape index (κ1) is 15.0. The molecule has 1 nitrogen and oxygen atoms in total. The summed E-state index contributed by atoms with van der Waals surface area (Å²) in [5.74, 6) is 0.578. The minimum atomic E-state index is -0.153. The molecule has 106 valence electrons. The lowest BCUT2D eigenvalue weighted by Crippen LogP contribution is -2.35. The Morgan fingerprint density at radius 1 is 1.21 bits per heavy atom. The predicted molar refractivity (Wildman–Crippen MR) is 81.8 cm³/mol. The molecule has 1 N–H and O–H groups in total. The Morgan fingerprint density at radius 3 is 2.47 bits per heavy atom. The van der Waals surface area contributed by atoms with Crippen LogP contribution in [0.2, 0.25) is 0 Å². The van der Waals surface area contributed by atoms with E-state index in [1.165, 1.54) is 44.6 Å². The molecule has 0 radical (unpaired) electrons. The Morgan fingerprint density at radius 2 is 1.89 bits per heavy atom. The molecule has 1 aromatic carbocycles. The van der Waals surface area contributed by atoms with E-state index in [2.05, 4.69) is 21.2 Å². The number of likely N-dealkylation sites (N-methyl/N-ethyl adjacent to an activating group) is 1. The fourth-order valence-corrected chi connectivity index (χ4v) is 3.71. The van der Waals surface area contributed by atoms with Crippen LogP contribution in [0.1, 0.15) is 44.1 Å². The van der Waals surface area contributed by atoms with Crippen LogP contribution in [0.15, 0.2) is 22.7 Å². The van der Waals surface area contributed by atoms with Crippen LogP contribution in [0, 0.1) is 11.7 Å². The molecular formula is C16H23BrFN. The highest BCUT2D eigenvalue weighted by atomic mass is 79.9. The third-order valence-corrected chi connectivity index (χ3v) is 4.68. The first-order valence-corrected chi connectivity index (χ1v) is 8.10. The van der Waals surface area contributed by atoms with Gasteiger partial charge in [0.25, 0.3) is 0 Å². The maximum absolute atomic E-state index is 13.4. The van der Waals surface area contributed by atoms with Crippen molar-refractivity contribution in [2.45, 2.75) is 51.0 Å². The lowest BCUT2D eigenvalue weighted by Gasteiger charge is -2.26. The maximum atomic E-state index is 13.4. The molecule has 19 heavy (non-hydrogen) atoms. The third-order valence-electron chi connectivity index (χ3n) is 4.22. The van der Waals surface area contributed by atoms with E-state index < -0.39 is 0 Å². The zero-order valence-corrected chi connectivity index (χ0v) is 13.2. The van der Waals surface area contributed by atoms with Crippen LogP contribution in [0.25, 0.3) is 0 Å². The first-order chi connectivity index (χ1) is 9.19. The molecule has 1 aromatic rings. The molecular weight excluding hydrogens is 305 g/mol. The van der Waals surface area contributed by atoms with Crippen molar-refractivity contribution in [3.8, 4) is 0 Å². The summed E-state index contributed by atoms with van der Waals surface area (Å²) in [6, 6.07) is 5.67. The van der Waals surface area contributed by atoms with Crippen molar-refractivity contribution in [3.63, 3.8) is 0 Å². The van der Waals surface area contributed by atoms with E-state index >= 15 is 0 Å². The summed E-state index contributed by atoms with van der Waals surface area (Å²) in [6.07, 6.45) is 8.96. The van der Waals surface area contributed by atoms with E-state index in [1.807, 2.05) is 13.1 Å². The Labute approximate surface area is 124 Å². The minimum absolute atomic E-state index is 0.153. The predicted octanol–water partition coefficient (Wildman–Crippen LogP) is 4.69. The lowest BCUT2D eigenvalue weighted by molar-refractivity contribution is 0.332. The van der Waals surface area contributed by atoms with Gasteiger partial charge in [-0.25, -0.2) is 4.39 Å². The summed E-state index contributed by atoms with van der Waals surface area (Å²) in [7, 11) is 2.03. The summed E-state index contributed by atoms with van der Waals surface area (Å²) < 4.78 is 14.3. The van der Waals surface area contributed by atoms with Gasteiger partial charge in [0.15, 0.2) is 0 Å². The minimum Gasteiger partial charge on any atom is -0.316 e. The van der Waals surface area contributed by atoms with Crippen LogP contribution in [-0.2, 0) is 6.42 Å². The van der Waals surface area contributed by atoms with Crippen LogP contribution < -0.4 is 5.32 Å². The van der Waals surface area contributed by atoms with Gasteiger partial charge in [0.2, 0.25) is 0 Å². The van der Waals surface area contributed by atoms with E-state index in [0.29, 0.717) is 6.04 Å². The van der Waals surface area contributed by atoms with Gasteiger partial charge in [-0.2, -0.15) is 0 Å². The van der Waals surface area contributed by atoms with Crippen molar-refractivity contribution in [2.75, 3.05) is 7.05 Å². The van der Waals surface area contributed by atoms with Crippen LogP contribution in [-0.4, -0.2) is 13.1 Å². The van der Waals surface area contributed by atoms with Gasteiger partial charge in [-0.1, -0.05) is 41.6 Å². The van der Waals surface area contributed by atoms with Gasteiger partial charge in [-0.05, 0) is 56.0 Å². The van der Waals surface area contributed by atoms with Crippen molar-refractivity contribution in [1.82, 2.24) is 5.32 Å². The molecule has 0 saturated heterocycles. The number of hydrogen-bond acceptors (Lipinski definition) is 1. The second kappa shape index (κ2) is 7.39. The molecule has 0 spiro atoms. The fraction of sp³-hybridized carbons (Fsp3) is 0.625. The lowest BCUT2D eigenvalue weighted by atomic mass is 9.88. The maximum Gasteiger partial charge on any atom is 0.124 e. The van der Waals surface area contributed by atoms with E-state index in [1.54, 1.807) is 6.07 Å². The molecule has 1 fully saturated rings. The van der Waals surface area contributed by atoms with Crippen molar-refractivity contribution in [3.05, 3.63) is 34.1 Å². The standard InChI is InChI=1S/C16H23BrFN/c1-19-16(13-6-4-2-3-5-7-13)10-12-8-14(17)11-15(18)9-12/h8-9,11,13,16,19H,2-7,10H2,1H3. The Bertz CT molecular complexity index is 379. The van der Waals surface area contributed by atoms with E-state index in [0.717, 1.165) is 22.4 Å². The number of benzene rings is 1. The summed E-state index contributed by atoms with van der Waals surface area (Å²) in [5, 5.41) is 3.45. The number of hydrogen-bond donors (Lipinski definition) is 1.